The van der Waals surface area contributed by atoms with E-state index in [9.17, 15) is 0 Å². The molecule has 1 aliphatic rings. The molecule has 0 radical (unpaired) electrons. The molecule has 2 unspecified atom stereocenters. The van der Waals surface area contributed by atoms with Crippen molar-refractivity contribution >= 4 is 12.4 Å². The third kappa shape index (κ3) is 2.58. The summed E-state index contributed by atoms with van der Waals surface area (Å²) in [5.74, 6) is 2.07. The largest absolute Gasteiger partial charge is 0.339 e. The number of rotatable bonds is 3. The van der Waals surface area contributed by atoms with Gasteiger partial charge in [0.2, 0.25) is 5.89 Å². The molecule has 84 valence electrons. The van der Waals surface area contributed by atoms with Crippen molar-refractivity contribution in [2.75, 3.05) is 13.1 Å². The molecule has 1 N–H and O–H groups in total. The molecule has 5 heteroatoms. The van der Waals surface area contributed by atoms with E-state index in [-0.39, 0.29) is 18.3 Å². The summed E-state index contributed by atoms with van der Waals surface area (Å²) < 4.78 is 5.22. The Morgan fingerprint density at radius 1 is 1.67 bits per heavy atom. The van der Waals surface area contributed by atoms with E-state index in [4.69, 9.17) is 4.52 Å². The molecular formula is C10H16ClN3O. The van der Waals surface area contributed by atoms with Gasteiger partial charge in [0.1, 0.15) is 0 Å². The second-order valence-electron chi connectivity index (χ2n) is 3.70. The lowest BCUT2D eigenvalue weighted by Gasteiger charge is -1.99. The predicted octanol–water partition coefficient (Wildman–Crippen LogP) is 1.86. The van der Waals surface area contributed by atoms with Crippen LogP contribution in [0.15, 0.2) is 17.2 Å². The lowest BCUT2D eigenvalue weighted by molar-refractivity contribution is 0.354. The summed E-state index contributed by atoms with van der Waals surface area (Å²) >= 11 is 0. The first-order valence-electron chi connectivity index (χ1n) is 4.98. The van der Waals surface area contributed by atoms with Gasteiger partial charge in [0.25, 0.3) is 0 Å². The van der Waals surface area contributed by atoms with Crippen molar-refractivity contribution in [2.24, 2.45) is 0 Å². The Morgan fingerprint density at radius 2 is 2.47 bits per heavy atom. The maximum atomic E-state index is 5.22. The van der Waals surface area contributed by atoms with Gasteiger partial charge in [-0.05, 0) is 13.0 Å². The van der Waals surface area contributed by atoms with Crippen molar-refractivity contribution in [1.29, 1.82) is 0 Å². The molecule has 1 aliphatic heterocycles. The first-order chi connectivity index (χ1) is 6.81. The van der Waals surface area contributed by atoms with Crippen molar-refractivity contribution in [3.8, 4) is 0 Å². The first kappa shape index (κ1) is 12.2. The summed E-state index contributed by atoms with van der Waals surface area (Å²) in [6.07, 6.45) is 2.91. The summed E-state index contributed by atoms with van der Waals surface area (Å²) in [6.45, 7) is 7.71. The zero-order chi connectivity index (χ0) is 9.97. The van der Waals surface area contributed by atoms with Gasteiger partial charge < -0.3 is 9.84 Å². The number of aromatic nitrogens is 2. The van der Waals surface area contributed by atoms with Gasteiger partial charge >= 0.3 is 0 Å². The van der Waals surface area contributed by atoms with E-state index in [1.54, 1.807) is 0 Å². The first-order valence-corrected chi connectivity index (χ1v) is 4.98. The Bertz CT molecular complexity index is 320. The molecule has 0 spiro atoms. The molecule has 0 bridgehead atoms. The second-order valence-corrected chi connectivity index (χ2v) is 3.70. The third-order valence-electron chi connectivity index (χ3n) is 2.63. The standard InChI is InChI=1S/C10H15N3O.ClH/c1-3-7(2)9-12-10(14-13-9)8-4-5-11-6-8;/h3,7-8,11H,1,4-6H2,2H3;1H. The van der Waals surface area contributed by atoms with Crippen LogP contribution in [-0.4, -0.2) is 23.2 Å². The van der Waals surface area contributed by atoms with E-state index in [0.29, 0.717) is 5.92 Å². The van der Waals surface area contributed by atoms with Crippen LogP contribution in [0.5, 0.6) is 0 Å². The van der Waals surface area contributed by atoms with Crippen molar-refractivity contribution in [2.45, 2.75) is 25.2 Å². The summed E-state index contributed by atoms with van der Waals surface area (Å²) in [5, 5.41) is 7.22. The molecule has 2 heterocycles. The predicted molar refractivity (Wildman–Crippen MR) is 60.4 cm³/mol. The highest BCUT2D eigenvalue weighted by atomic mass is 35.5. The van der Waals surface area contributed by atoms with Crippen molar-refractivity contribution in [3.05, 3.63) is 24.4 Å². The monoisotopic (exact) mass is 229 g/mol. The number of hydrogen-bond acceptors (Lipinski definition) is 4. The maximum Gasteiger partial charge on any atom is 0.231 e. The number of nitrogens with one attached hydrogen (secondary N) is 1. The van der Waals surface area contributed by atoms with Crippen molar-refractivity contribution in [3.63, 3.8) is 0 Å². The van der Waals surface area contributed by atoms with E-state index in [2.05, 4.69) is 22.0 Å². The van der Waals surface area contributed by atoms with Gasteiger partial charge in [-0.15, -0.1) is 19.0 Å². The minimum atomic E-state index is 0. The summed E-state index contributed by atoms with van der Waals surface area (Å²) in [6, 6.07) is 0. The Morgan fingerprint density at radius 3 is 3.07 bits per heavy atom. The highest BCUT2D eigenvalue weighted by Gasteiger charge is 2.23. The molecular weight excluding hydrogens is 214 g/mol. The summed E-state index contributed by atoms with van der Waals surface area (Å²) in [4.78, 5) is 4.37. The number of hydrogen-bond donors (Lipinski definition) is 1. The molecule has 0 saturated carbocycles. The summed E-state index contributed by atoms with van der Waals surface area (Å²) in [7, 11) is 0. The molecule has 0 amide bonds. The molecule has 2 rings (SSSR count). The fourth-order valence-corrected chi connectivity index (χ4v) is 1.57. The Balaban J connectivity index is 0.00000112. The number of nitrogens with zero attached hydrogens (tertiary/aromatic N) is 2. The molecule has 2 atom stereocenters. The molecule has 1 aromatic heterocycles. The lowest BCUT2D eigenvalue weighted by Crippen LogP contribution is -2.08. The van der Waals surface area contributed by atoms with Crippen LogP contribution < -0.4 is 5.32 Å². The van der Waals surface area contributed by atoms with Crippen LogP contribution in [-0.2, 0) is 0 Å². The molecule has 1 aromatic rings. The smallest absolute Gasteiger partial charge is 0.231 e. The molecule has 0 aliphatic carbocycles. The SMILES string of the molecule is C=CC(C)c1noc(C2CCNC2)n1.Cl. The second kappa shape index (κ2) is 5.28. The Hall–Kier alpha value is -0.870. The van der Waals surface area contributed by atoms with Crippen LogP contribution >= 0.6 is 12.4 Å². The minimum Gasteiger partial charge on any atom is -0.339 e. The fraction of sp³-hybridized carbons (Fsp3) is 0.600. The number of allylic oxidation sites excluding steroid dienone is 1. The molecule has 1 fully saturated rings. The van der Waals surface area contributed by atoms with E-state index in [1.165, 1.54) is 0 Å². The van der Waals surface area contributed by atoms with Gasteiger partial charge in [-0.1, -0.05) is 18.2 Å². The molecule has 4 nitrogen and oxygen atoms in total. The van der Waals surface area contributed by atoms with E-state index in [1.807, 2.05) is 13.0 Å². The molecule has 0 aromatic carbocycles. The van der Waals surface area contributed by atoms with Gasteiger partial charge in [0.05, 0.1) is 5.92 Å². The number of halogens is 1. The van der Waals surface area contributed by atoms with E-state index in [0.717, 1.165) is 31.2 Å². The highest BCUT2D eigenvalue weighted by molar-refractivity contribution is 5.85. The normalized spacial score (nSPS) is 22.1. The van der Waals surface area contributed by atoms with E-state index >= 15 is 0 Å². The van der Waals surface area contributed by atoms with Crippen LogP contribution in [0.4, 0.5) is 0 Å². The van der Waals surface area contributed by atoms with Crippen LogP contribution in [0.3, 0.4) is 0 Å². The van der Waals surface area contributed by atoms with Gasteiger partial charge in [-0.3, -0.25) is 0 Å². The fourth-order valence-electron chi connectivity index (χ4n) is 1.57. The van der Waals surface area contributed by atoms with Crippen molar-refractivity contribution in [1.82, 2.24) is 15.5 Å². The van der Waals surface area contributed by atoms with Gasteiger partial charge in [0, 0.05) is 12.5 Å². The third-order valence-corrected chi connectivity index (χ3v) is 2.63. The average Bonchev–Trinajstić information content (AvgIpc) is 2.86. The van der Waals surface area contributed by atoms with Gasteiger partial charge in [-0.25, -0.2) is 0 Å². The quantitative estimate of drug-likeness (QED) is 0.804. The van der Waals surface area contributed by atoms with Crippen LogP contribution in [0.1, 0.15) is 36.9 Å². The highest BCUT2D eigenvalue weighted by Crippen LogP contribution is 2.22. The maximum absolute atomic E-state index is 5.22. The Labute approximate surface area is 95.5 Å². The lowest BCUT2D eigenvalue weighted by atomic mass is 10.1. The van der Waals surface area contributed by atoms with Crippen LogP contribution in [0, 0.1) is 0 Å². The van der Waals surface area contributed by atoms with Crippen molar-refractivity contribution < 1.29 is 4.52 Å². The molecule has 1 saturated heterocycles. The van der Waals surface area contributed by atoms with E-state index < -0.39 is 0 Å². The average molecular weight is 230 g/mol. The van der Waals surface area contributed by atoms with Gasteiger partial charge in [0.15, 0.2) is 5.82 Å². The molecule has 15 heavy (non-hydrogen) atoms. The topological polar surface area (TPSA) is 51.0 Å². The Kier molecular flexibility index (Phi) is 4.29. The van der Waals surface area contributed by atoms with Crippen LogP contribution in [0.2, 0.25) is 0 Å². The zero-order valence-corrected chi connectivity index (χ0v) is 9.59. The zero-order valence-electron chi connectivity index (χ0n) is 8.77. The van der Waals surface area contributed by atoms with Gasteiger partial charge in [-0.2, -0.15) is 4.98 Å². The van der Waals surface area contributed by atoms with Crippen LogP contribution in [0.25, 0.3) is 0 Å². The minimum absolute atomic E-state index is 0. The summed E-state index contributed by atoms with van der Waals surface area (Å²) in [5.41, 5.74) is 0.